The summed E-state index contributed by atoms with van der Waals surface area (Å²) in [7, 11) is 1.34. The first-order valence-corrected chi connectivity index (χ1v) is 3.45. The van der Waals surface area contributed by atoms with E-state index >= 15 is 0 Å². The van der Waals surface area contributed by atoms with E-state index in [-0.39, 0.29) is 0 Å². The molecule has 0 aromatic heterocycles. The molecule has 0 rings (SSSR count). The van der Waals surface area contributed by atoms with E-state index in [0.29, 0.717) is 0 Å². The highest BCUT2D eigenvalue weighted by Gasteiger charge is 2.19. The van der Waals surface area contributed by atoms with Crippen LogP contribution in [0.3, 0.4) is 0 Å². The standard InChI is InChI=1S/C6H11N3O4/c1-3(10)8-4(5(11)12)9-6(13)7-2/h4H,1-2H3,(H,8,10)(H,11,12)(H2,7,9,13)/t4-/m1/s1. The molecule has 0 aromatic rings. The summed E-state index contributed by atoms with van der Waals surface area (Å²) in [5.74, 6) is -1.87. The minimum Gasteiger partial charge on any atom is -0.478 e. The first-order valence-electron chi connectivity index (χ1n) is 3.45. The molecule has 0 saturated heterocycles. The van der Waals surface area contributed by atoms with Crippen molar-refractivity contribution >= 4 is 17.9 Å². The number of carbonyl (C=O) groups is 3. The van der Waals surface area contributed by atoms with Crippen molar-refractivity contribution < 1.29 is 19.5 Å². The molecule has 13 heavy (non-hydrogen) atoms. The minimum atomic E-state index is -1.41. The number of nitrogens with one attached hydrogen (secondary N) is 3. The number of hydrogen-bond donors (Lipinski definition) is 4. The Labute approximate surface area is 74.5 Å². The van der Waals surface area contributed by atoms with Gasteiger partial charge in [0.25, 0.3) is 0 Å². The Bertz CT molecular complexity index is 228. The van der Waals surface area contributed by atoms with Crippen LogP contribution in [0.2, 0.25) is 0 Å². The first-order chi connectivity index (χ1) is 5.97. The van der Waals surface area contributed by atoms with Crippen LogP contribution in [0.15, 0.2) is 0 Å². The number of amides is 3. The smallest absolute Gasteiger partial charge is 0.347 e. The number of aliphatic carboxylic acids is 1. The van der Waals surface area contributed by atoms with Gasteiger partial charge in [-0.2, -0.15) is 0 Å². The van der Waals surface area contributed by atoms with Crippen molar-refractivity contribution in [3.05, 3.63) is 0 Å². The molecule has 7 heteroatoms. The summed E-state index contributed by atoms with van der Waals surface area (Å²) in [6, 6.07) is -0.679. The summed E-state index contributed by atoms with van der Waals surface area (Å²) in [4.78, 5) is 31.6. The lowest BCUT2D eigenvalue weighted by atomic mass is 10.4. The molecule has 0 aliphatic heterocycles. The van der Waals surface area contributed by atoms with Gasteiger partial charge in [0, 0.05) is 14.0 Å². The van der Waals surface area contributed by atoms with Crippen LogP contribution in [0, 0.1) is 0 Å². The third-order valence-corrected chi connectivity index (χ3v) is 1.10. The highest BCUT2D eigenvalue weighted by atomic mass is 16.4. The Kier molecular flexibility index (Phi) is 4.28. The highest BCUT2D eigenvalue weighted by Crippen LogP contribution is 1.78. The maximum absolute atomic E-state index is 10.7. The second-order valence-electron chi connectivity index (χ2n) is 2.20. The van der Waals surface area contributed by atoms with E-state index in [0.717, 1.165) is 6.92 Å². The Balaban J connectivity index is 4.18. The molecule has 0 bridgehead atoms. The van der Waals surface area contributed by atoms with Gasteiger partial charge >= 0.3 is 12.0 Å². The van der Waals surface area contributed by atoms with Crippen molar-refractivity contribution in [2.75, 3.05) is 7.05 Å². The molecule has 74 valence electrons. The fraction of sp³-hybridized carbons (Fsp3) is 0.500. The normalized spacial score (nSPS) is 11.2. The molecular formula is C6H11N3O4. The number of carboxylic acid groups (broad SMARTS) is 1. The molecule has 0 aliphatic rings. The van der Waals surface area contributed by atoms with E-state index in [1.54, 1.807) is 0 Å². The second kappa shape index (κ2) is 4.96. The average molecular weight is 189 g/mol. The summed E-state index contributed by atoms with van der Waals surface area (Å²) in [6.07, 6.45) is -1.41. The third-order valence-electron chi connectivity index (χ3n) is 1.10. The van der Waals surface area contributed by atoms with Gasteiger partial charge in [0.15, 0.2) is 0 Å². The Morgan fingerprint density at radius 2 is 1.77 bits per heavy atom. The van der Waals surface area contributed by atoms with Crippen LogP contribution in [0.25, 0.3) is 0 Å². The fourth-order valence-corrected chi connectivity index (χ4v) is 0.566. The van der Waals surface area contributed by atoms with Crippen molar-refractivity contribution in [1.82, 2.24) is 16.0 Å². The predicted molar refractivity (Wildman–Crippen MR) is 42.8 cm³/mol. The summed E-state index contributed by atoms with van der Waals surface area (Å²) < 4.78 is 0. The molecule has 0 unspecified atom stereocenters. The molecule has 0 radical (unpaired) electrons. The van der Waals surface area contributed by atoms with Gasteiger partial charge in [0.05, 0.1) is 0 Å². The van der Waals surface area contributed by atoms with Crippen LogP contribution in [0.1, 0.15) is 6.92 Å². The summed E-state index contributed by atoms with van der Waals surface area (Å²) in [5.41, 5.74) is 0. The van der Waals surface area contributed by atoms with Crippen LogP contribution in [0.5, 0.6) is 0 Å². The average Bonchev–Trinajstić information content (AvgIpc) is 2.02. The molecule has 4 N–H and O–H groups in total. The lowest BCUT2D eigenvalue weighted by molar-refractivity contribution is -0.142. The molecule has 7 nitrogen and oxygen atoms in total. The zero-order valence-electron chi connectivity index (χ0n) is 7.25. The number of rotatable bonds is 3. The highest BCUT2D eigenvalue weighted by molar-refractivity contribution is 5.86. The maximum atomic E-state index is 10.7. The van der Waals surface area contributed by atoms with Gasteiger partial charge in [0.2, 0.25) is 12.1 Å². The van der Waals surface area contributed by atoms with Crippen LogP contribution < -0.4 is 16.0 Å². The molecule has 0 fully saturated rings. The molecule has 0 heterocycles. The minimum absolute atomic E-state index is 0.538. The van der Waals surface area contributed by atoms with E-state index in [4.69, 9.17) is 5.11 Å². The maximum Gasteiger partial charge on any atom is 0.347 e. The zero-order chi connectivity index (χ0) is 10.4. The molecule has 3 amide bonds. The van der Waals surface area contributed by atoms with Gasteiger partial charge in [0.1, 0.15) is 0 Å². The van der Waals surface area contributed by atoms with E-state index in [9.17, 15) is 14.4 Å². The van der Waals surface area contributed by atoms with E-state index in [1.165, 1.54) is 7.05 Å². The number of urea groups is 1. The first kappa shape index (κ1) is 11.2. The summed E-state index contributed by atoms with van der Waals surface area (Å²) in [6.45, 7) is 1.15. The topological polar surface area (TPSA) is 108 Å². The van der Waals surface area contributed by atoms with Gasteiger partial charge in [-0.3, -0.25) is 4.79 Å². The zero-order valence-corrected chi connectivity index (χ0v) is 7.25. The summed E-state index contributed by atoms with van der Waals surface area (Å²) in [5, 5.41) is 14.7. The van der Waals surface area contributed by atoms with Crippen molar-refractivity contribution in [3.8, 4) is 0 Å². The monoisotopic (exact) mass is 189 g/mol. The van der Waals surface area contributed by atoms with Crippen LogP contribution in [-0.2, 0) is 9.59 Å². The van der Waals surface area contributed by atoms with E-state index in [2.05, 4.69) is 5.32 Å². The lowest BCUT2D eigenvalue weighted by Gasteiger charge is -2.14. The second-order valence-corrected chi connectivity index (χ2v) is 2.20. The summed E-state index contributed by atoms with van der Waals surface area (Å²) >= 11 is 0. The SMILES string of the molecule is CNC(=O)N[C@@H](NC(C)=O)C(=O)O. The largest absolute Gasteiger partial charge is 0.478 e. The van der Waals surface area contributed by atoms with E-state index < -0.39 is 24.1 Å². The number of hydrogen-bond acceptors (Lipinski definition) is 3. The molecular weight excluding hydrogens is 178 g/mol. The molecule has 0 aliphatic carbocycles. The molecule has 1 atom stereocenters. The third kappa shape index (κ3) is 4.62. The Morgan fingerprint density at radius 1 is 1.23 bits per heavy atom. The fourth-order valence-electron chi connectivity index (χ4n) is 0.566. The molecule has 0 aromatic carbocycles. The molecule has 0 saturated carbocycles. The number of carbonyl (C=O) groups excluding carboxylic acids is 2. The van der Waals surface area contributed by atoms with Gasteiger partial charge in [-0.1, -0.05) is 0 Å². The van der Waals surface area contributed by atoms with Crippen molar-refractivity contribution in [1.29, 1.82) is 0 Å². The van der Waals surface area contributed by atoms with Crippen LogP contribution in [-0.4, -0.2) is 36.2 Å². The Morgan fingerprint density at radius 3 is 2.08 bits per heavy atom. The van der Waals surface area contributed by atoms with Gasteiger partial charge < -0.3 is 21.1 Å². The van der Waals surface area contributed by atoms with Crippen molar-refractivity contribution in [2.24, 2.45) is 0 Å². The quantitative estimate of drug-likeness (QED) is 0.403. The van der Waals surface area contributed by atoms with Crippen molar-refractivity contribution in [3.63, 3.8) is 0 Å². The van der Waals surface area contributed by atoms with Crippen LogP contribution in [0.4, 0.5) is 4.79 Å². The number of carboxylic acids is 1. The van der Waals surface area contributed by atoms with Gasteiger partial charge in [-0.15, -0.1) is 0 Å². The van der Waals surface area contributed by atoms with Gasteiger partial charge in [-0.05, 0) is 0 Å². The Hall–Kier alpha value is -1.79. The van der Waals surface area contributed by atoms with E-state index in [1.807, 2.05) is 10.6 Å². The van der Waals surface area contributed by atoms with Gasteiger partial charge in [-0.25, -0.2) is 9.59 Å². The lowest BCUT2D eigenvalue weighted by Crippen LogP contribution is -2.54. The molecule has 0 spiro atoms. The van der Waals surface area contributed by atoms with Crippen LogP contribution >= 0.6 is 0 Å². The predicted octanol–water partition coefficient (Wildman–Crippen LogP) is -1.54. The van der Waals surface area contributed by atoms with Crippen molar-refractivity contribution in [2.45, 2.75) is 13.1 Å².